The van der Waals surface area contributed by atoms with Gasteiger partial charge in [0.2, 0.25) is 10.0 Å². The van der Waals surface area contributed by atoms with Crippen molar-refractivity contribution in [2.45, 2.75) is 18.4 Å². The van der Waals surface area contributed by atoms with Gasteiger partial charge in [-0.3, -0.25) is 4.98 Å². The molecule has 1 heterocycles. The quantitative estimate of drug-likeness (QED) is 0.839. The number of halogens is 1. The highest BCUT2D eigenvalue weighted by molar-refractivity contribution is 7.89. The van der Waals surface area contributed by atoms with E-state index in [-0.39, 0.29) is 11.4 Å². The first-order valence-electron chi connectivity index (χ1n) is 5.84. The van der Waals surface area contributed by atoms with Crippen molar-refractivity contribution in [3.8, 4) is 0 Å². The Labute approximate surface area is 116 Å². The number of nitrogens with zero attached hydrogens (tertiary/aromatic N) is 1. The zero-order valence-corrected chi connectivity index (χ0v) is 11.6. The number of pyridine rings is 1. The minimum absolute atomic E-state index is 0.0791. The Morgan fingerprint density at radius 1 is 1.35 bits per heavy atom. The molecule has 106 valence electrons. The second-order valence-electron chi connectivity index (χ2n) is 4.29. The van der Waals surface area contributed by atoms with Gasteiger partial charge in [-0.05, 0) is 30.2 Å². The van der Waals surface area contributed by atoms with Crippen LogP contribution in [-0.2, 0) is 16.6 Å². The smallest absolute Gasteiger partial charge is 0.242 e. The monoisotopic (exact) mass is 295 g/mol. The molecule has 0 atom stereocenters. The highest BCUT2D eigenvalue weighted by Gasteiger charge is 2.15. The van der Waals surface area contributed by atoms with E-state index in [0.29, 0.717) is 5.69 Å². The number of nitrogens with one attached hydrogen (secondary N) is 1. The van der Waals surface area contributed by atoms with Crippen LogP contribution in [0.25, 0.3) is 0 Å². The molecule has 0 unspecified atom stereocenters. The number of nitrogen functional groups attached to an aromatic ring is 1. The van der Waals surface area contributed by atoms with Crippen molar-refractivity contribution in [3.63, 3.8) is 0 Å². The van der Waals surface area contributed by atoms with Crippen LogP contribution in [0.3, 0.4) is 0 Å². The lowest BCUT2D eigenvalue weighted by Crippen LogP contribution is -2.24. The van der Waals surface area contributed by atoms with Crippen LogP contribution in [-0.4, -0.2) is 13.4 Å². The van der Waals surface area contributed by atoms with Gasteiger partial charge in [0.25, 0.3) is 0 Å². The minimum atomic E-state index is -3.80. The third kappa shape index (κ3) is 3.12. The van der Waals surface area contributed by atoms with Gasteiger partial charge in [-0.2, -0.15) is 0 Å². The predicted octanol–water partition coefficient (Wildman–Crippen LogP) is 1.59. The maximum absolute atomic E-state index is 13.0. The van der Waals surface area contributed by atoms with E-state index in [1.807, 2.05) is 6.92 Å². The van der Waals surface area contributed by atoms with Crippen molar-refractivity contribution in [2.24, 2.45) is 0 Å². The highest BCUT2D eigenvalue weighted by atomic mass is 32.2. The normalized spacial score (nSPS) is 11.5. The van der Waals surface area contributed by atoms with E-state index in [1.54, 1.807) is 18.2 Å². The van der Waals surface area contributed by atoms with Crippen LogP contribution in [0.1, 0.15) is 11.1 Å². The van der Waals surface area contributed by atoms with Gasteiger partial charge in [-0.1, -0.05) is 12.1 Å². The van der Waals surface area contributed by atoms with Crippen LogP contribution in [0.2, 0.25) is 0 Å². The summed E-state index contributed by atoms with van der Waals surface area (Å²) in [6.07, 6.45) is 2.04. The lowest BCUT2D eigenvalue weighted by molar-refractivity contribution is 0.575. The molecule has 1 aromatic heterocycles. The molecule has 3 N–H and O–H groups in total. The number of hydrogen-bond donors (Lipinski definition) is 2. The first-order chi connectivity index (χ1) is 9.40. The maximum Gasteiger partial charge on any atom is 0.242 e. The molecule has 0 aliphatic carbocycles. The zero-order chi connectivity index (χ0) is 14.8. The molecule has 1 aromatic carbocycles. The molecule has 2 rings (SSSR count). The van der Waals surface area contributed by atoms with E-state index in [2.05, 4.69) is 9.71 Å². The number of rotatable bonds is 4. The molecule has 0 amide bonds. The Kier molecular flexibility index (Phi) is 4.01. The number of nitrogens with two attached hydrogens (primary N) is 1. The van der Waals surface area contributed by atoms with Crippen molar-refractivity contribution < 1.29 is 12.8 Å². The summed E-state index contributed by atoms with van der Waals surface area (Å²) in [4.78, 5) is 3.31. The fraction of sp³-hybridized carbons (Fsp3) is 0.154. The minimum Gasteiger partial charge on any atom is -0.399 e. The third-order valence-corrected chi connectivity index (χ3v) is 4.30. The van der Waals surface area contributed by atoms with Gasteiger partial charge in [-0.15, -0.1) is 0 Å². The summed E-state index contributed by atoms with van der Waals surface area (Å²) < 4.78 is 39.4. The average molecular weight is 295 g/mol. The van der Waals surface area contributed by atoms with E-state index in [1.165, 1.54) is 0 Å². The van der Waals surface area contributed by atoms with Gasteiger partial charge in [0.1, 0.15) is 10.7 Å². The Morgan fingerprint density at radius 3 is 2.80 bits per heavy atom. The zero-order valence-electron chi connectivity index (χ0n) is 10.8. The number of hydrogen-bond acceptors (Lipinski definition) is 4. The number of anilines is 1. The Bertz CT molecular complexity index is 732. The molecule has 2 aromatic rings. The van der Waals surface area contributed by atoms with Gasteiger partial charge in [-0.25, -0.2) is 17.5 Å². The molecule has 0 bridgehead atoms. The fourth-order valence-electron chi connectivity index (χ4n) is 1.69. The topological polar surface area (TPSA) is 85.1 Å². The summed E-state index contributed by atoms with van der Waals surface area (Å²) in [5.74, 6) is -0.701. The van der Waals surface area contributed by atoms with E-state index >= 15 is 0 Å². The number of sulfonamides is 1. The molecule has 0 fully saturated rings. The first kappa shape index (κ1) is 14.4. The van der Waals surface area contributed by atoms with Gasteiger partial charge in [0, 0.05) is 18.4 Å². The summed E-state index contributed by atoms with van der Waals surface area (Å²) in [7, 11) is -3.80. The molecule has 0 radical (unpaired) electrons. The summed E-state index contributed by atoms with van der Waals surface area (Å²) in [5, 5.41) is 0. The Morgan fingerprint density at radius 2 is 2.10 bits per heavy atom. The fourth-order valence-corrected chi connectivity index (χ4v) is 2.67. The number of benzene rings is 1. The van der Waals surface area contributed by atoms with E-state index in [9.17, 15) is 12.8 Å². The van der Waals surface area contributed by atoms with Crippen LogP contribution in [0.5, 0.6) is 0 Å². The van der Waals surface area contributed by atoms with Crippen molar-refractivity contribution in [3.05, 3.63) is 53.6 Å². The van der Waals surface area contributed by atoms with Gasteiger partial charge in [0.05, 0.1) is 6.20 Å². The summed E-state index contributed by atoms with van der Waals surface area (Å²) in [6, 6.07) is 6.18. The van der Waals surface area contributed by atoms with Gasteiger partial charge in [0.15, 0.2) is 0 Å². The Hall–Kier alpha value is -1.99. The largest absolute Gasteiger partial charge is 0.399 e. The SMILES string of the molecule is Cc1c(N)cccc1CNS(=O)(=O)c1cncc(F)c1. The lowest BCUT2D eigenvalue weighted by Gasteiger charge is -2.10. The third-order valence-electron chi connectivity index (χ3n) is 2.93. The molecule has 0 aliphatic rings. The van der Waals surface area contributed by atoms with E-state index < -0.39 is 15.8 Å². The summed E-state index contributed by atoms with van der Waals surface area (Å²) in [6.45, 7) is 1.89. The van der Waals surface area contributed by atoms with Crippen molar-refractivity contribution >= 4 is 15.7 Å². The van der Waals surface area contributed by atoms with Crippen LogP contribution < -0.4 is 10.5 Å². The molecule has 0 saturated carbocycles. The number of aromatic nitrogens is 1. The molecule has 0 spiro atoms. The first-order valence-corrected chi connectivity index (χ1v) is 7.32. The van der Waals surface area contributed by atoms with Crippen molar-refractivity contribution in [2.75, 3.05) is 5.73 Å². The van der Waals surface area contributed by atoms with Gasteiger partial charge >= 0.3 is 0 Å². The lowest BCUT2D eigenvalue weighted by atomic mass is 10.1. The van der Waals surface area contributed by atoms with Crippen molar-refractivity contribution in [1.29, 1.82) is 0 Å². The molecule has 5 nitrogen and oxygen atoms in total. The Balaban J connectivity index is 2.20. The molecule has 20 heavy (non-hydrogen) atoms. The molecular formula is C13H14FN3O2S. The second-order valence-corrected chi connectivity index (χ2v) is 6.06. The highest BCUT2D eigenvalue weighted by Crippen LogP contribution is 2.16. The van der Waals surface area contributed by atoms with Crippen LogP contribution in [0.15, 0.2) is 41.6 Å². The van der Waals surface area contributed by atoms with Crippen LogP contribution in [0.4, 0.5) is 10.1 Å². The standard InChI is InChI=1S/C13H14FN3O2S/c1-9-10(3-2-4-13(9)15)6-17-20(18,19)12-5-11(14)7-16-8-12/h2-5,7-8,17H,6,15H2,1H3. The van der Waals surface area contributed by atoms with Crippen LogP contribution in [0, 0.1) is 12.7 Å². The molecular weight excluding hydrogens is 281 g/mol. The molecule has 0 saturated heterocycles. The van der Waals surface area contributed by atoms with Crippen molar-refractivity contribution in [1.82, 2.24) is 9.71 Å². The van der Waals surface area contributed by atoms with E-state index in [4.69, 9.17) is 5.73 Å². The summed E-state index contributed by atoms with van der Waals surface area (Å²) >= 11 is 0. The van der Waals surface area contributed by atoms with Gasteiger partial charge < -0.3 is 5.73 Å². The molecule has 0 aliphatic heterocycles. The van der Waals surface area contributed by atoms with Crippen LogP contribution >= 0.6 is 0 Å². The van der Waals surface area contributed by atoms with E-state index in [0.717, 1.165) is 29.6 Å². The molecule has 7 heteroatoms. The second kappa shape index (κ2) is 5.56. The summed E-state index contributed by atoms with van der Waals surface area (Å²) in [5.41, 5.74) is 7.92. The predicted molar refractivity (Wildman–Crippen MR) is 73.8 cm³/mol. The maximum atomic E-state index is 13.0. The average Bonchev–Trinajstić information content (AvgIpc) is 2.40.